The molecule has 0 fully saturated rings. The molecule has 1 atom stereocenters. The van der Waals surface area contributed by atoms with E-state index in [1.165, 1.54) is 0 Å². The summed E-state index contributed by atoms with van der Waals surface area (Å²) in [7, 11) is 0. The normalized spacial score (nSPS) is 12.4. The number of hydrogen-bond acceptors (Lipinski definition) is 2. The van der Waals surface area contributed by atoms with Crippen LogP contribution in [0.15, 0.2) is 30.3 Å². The Bertz CT molecular complexity index is 294. The maximum Gasteiger partial charge on any atom is 0.250 e. The molecule has 4 heteroatoms. The first-order chi connectivity index (χ1) is 5.70. The van der Waals surface area contributed by atoms with E-state index in [0.717, 1.165) is 5.56 Å². The predicted molar refractivity (Wildman–Crippen MR) is 45.9 cm³/mol. The lowest BCUT2D eigenvalue weighted by Gasteiger charge is -1.95. The maximum atomic E-state index is 10.8. The Balaban J connectivity index is 2.65. The average Bonchev–Trinajstić information content (AvgIpc) is 2.06. The van der Waals surface area contributed by atoms with Gasteiger partial charge in [0.05, 0.1) is 0 Å². The van der Waals surface area contributed by atoms with Crippen molar-refractivity contribution in [3.05, 3.63) is 35.9 Å². The molecule has 0 aliphatic rings. The summed E-state index contributed by atoms with van der Waals surface area (Å²) in [5.41, 5.74) is 0.755. The summed E-state index contributed by atoms with van der Waals surface area (Å²) in [6, 6.07) is 8.87. The fourth-order valence-electron chi connectivity index (χ4n) is 0.824. The molecule has 0 aromatic heterocycles. The third kappa shape index (κ3) is 2.56. The molecule has 0 aliphatic heterocycles. The van der Waals surface area contributed by atoms with Crippen LogP contribution in [0.1, 0.15) is 5.56 Å². The Morgan fingerprint density at radius 2 is 1.92 bits per heavy atom. The fourth-order valence-corrected chi connectivity index (χ4v) is 1.11. The van der Waals surface area contributed by atoms with Gasteiger partial charge in [0.2, 0.25) is 16.2 Å². The van der Waals surface area contributed by atoms with Crippen molar-refractivity contribution in [2.24, 2.45) is 0 Å². The topological polar surface area (TPSA) is 54.4 Å². The summed E-state index contributed by atoms with van der Waals surface area (Å²) in [4.78, 5) is 10.8. The summed E-state index contributed by atoms with van der Waals surface area (Å²) in [6.45, 7) is 0. The van der Waals surface area contributed by atoms with Gasteiger partial charge in [0.1, 0.15) is 0 Å². The van der Waals surface area contributed by atoms with E-state index >= 15 is 0 Å². The Hall–Kier alpha value is -1.00. The van der Waals surface area contributed by atoms with Gasteiger partial charge in [-0.3, -0.25) is 4.79 Å². The van der Waals surface area contributed by atoms with Crippen molar-refractivity contribution in [1.82, 2.24) is 0 Å². The van der Waals surface area contributed by atoms with Crippen LogP contribution in [-0.4, -0.2) is 13.9 Å². The van der Waals surface area contributed by atoms with Crippen molar-refractivity contribution in [2.45, 2.75) is 6.42 Å². The largest absolute Gasteiger partial charge is 0.300 e. The van der Waals surface area contributed by atoms with Gasteiger partial charge in [-0.05, 0) is 5.56 Å². The van der Waals surface area contributed by atoms with E-state index in [1.807, 2.05) is 6.07 Å². The molecule has 3 nitrogen and oxygen atoms in total. The minimum absolute atomic E-state index is 0.0178. The molecular formula is C8H8O3S. The molecule has 1 aromatic carbocycles. The van der Waals surface area contributed by atoms with Crippen molar-refractivity contribution < 1.29 is 13.6 Å². The van der Waals surface area contributed by atoms with E-state index in [4.69, 9.17) is 4.55 Å². The van der Waals surface area contributed by atoms with Crippen LogP contribution in [0.5, 0.6) is 0 Å². The van der Waals surface area contributed by atoms with Crippen LogP contribution < -0.4 is 0 Å². The molecule has 0 radical (unpaired) electrons. The molecule has 0 amide bonds. The van der Waals surface area contributed by atoms with Crippen molar-refractivity contribution in [1.29, 1.82) is 0 Å². The SMILES string of the molecule is O=C(Cc1ccccc1)S(=O)O. The lowest BCUT2D eigenvalue weighted by atomic mass is 10.2. The van der Waals surface area contributed by atoms with Gasteiger partial charge in [-0.2, -0.15) is 0 Å². The van der Waals surface area contributed by atoms with Gasteiger partial charge in [-0.15, -0.1) is 0 Å². The maximum absolute atomic E-state index is 10.8. The van der Waals surface area contributed by atoms with Crippen LogP contribution in [0.4, 0.5) is 0 Å². The number of benzene rings is 1. The van der Waals surface area contributed by atoms with E-state index < -0.39 is 16.2 Å². The lowest BCUT2D eigenvalue weighted by molar-refractivity contribution is -0.111. The first-order valence-corrected chi connectivity index (χ1v) is 4.48. The Morgan fingerprint density at radius 3 is 2.42 bits per heavy atom. The first kappa shape index (κ1) is 9.09. The molecule has 0 bridgehead atoms. The van der Waals surface area contributed by atoms with Gasteiger partial charge in [0, 0.05) is 6.42 Å². The average molecular weight is 184 g/mol. The van der Waals surface area contributed by atoms with E-state index in [0.29, 0.717) is 0 Å². The van der Waals surface area contributed by atoms with Crippen molar-refractivity contribution in [3.8, 4) is 0 Å². The molecule has 0 saturated carbocycles. The fraction of sp³-hybridized carbons (Fsp3) is 0.125. The standard InChI is InChI=1S/C8H8O3S/c9-8(12(10)11)6-7-4-2-1-3-5-7/h1-5H,6H2,(H,10,11). The minimum atomic E-state index is -2.35. The van der Waals surface area contributed by atoms with Crippen molar-refractivity contribution in [3.63, 3.8) is 0 Å². The molecule has 0 heterocycles. The summed E-state index contributed by atoms with van der Waals surface area (Å²) in [5.74, 6) is 0. The number of carbonyl (C=O) groups excluding carboxylic acids is 1. The van der Waals surface area contributed by atoms with Gasteiger partial charge in [-0.25, -0.2) is 4.21 Å². The molecule has 1 aromatic rings. The van der Waals surface area contributed by atoms with Gasteiger partial charge < -0.3 is 4.55 Å². The molecule has 64 valence electrons. The van der Waals surface area contributed by atoms with Gasteiger partial charge in [-0.1, -0.05) is 30.3 Å². The van der Waals surface area contributed by atoms with Crippen molar-refractivity contribution in [2.75, 3.05) is 0 Å². The molecular weight excluding hydrogens is 176 g/mol. The Morgan fingerprint density at radius 1 is 1.33 bits per heavy atom. The van der Waals surface area contributed by atoms with Crippen molar-refractivity contribution >= 4 is 16.2 Å². The third-order valence-electron chi connectivity index (χ3n) is 1.39. The van der Waals surface area contributed by atoms with Crippen LogP contribution in [0.25, 0.3) is 0 Å². The summed E-state index contributed by atoms with van der Waals surface area (Å²) in [6.07, 6.45) is 0.0178. The summed E-state index contributed by atoms with van der Waals surface area (Å²) >= 11 is -2.35. The van der Waals surface area contributed by atoms with Gasteiger partial charge >= 0.3 is 0 Å². The highest BCUT2D eigenvalue weighted by Gasteiger charge is 2.08. The molecule has 1 N–H and O–H groups in total. The van der Waals surface area contributed by atoms with Crippen LogP contribution >= 0.6 is 0 Å². The molecule has 1 rings (SSSR count). The second-order valence-electron chi connectivity index (χ2n) is 2.28. The second-order valence-corrected chi connectivity index (χ2v) is 3.24. The first-order valence-electron chi connectivity index (χ1n) is 3.38. The highest BCUT2D eigenvalue weighted by Crippen LogP contribution is 2.00. The zero-order valence-electron chi connectivity index (χ0n) is 6.27. The quantitative estimate of drug-likeness (QED) is 0.697. The predicted octanol–water partition coefficient (Wildman–Crippen LogP) is 0.977. The monoisotopic (exact) mass is 184 g/mol. The highest BCUT2D eigenvalue weighted by atomic mass is 32.2. The van der Waals surface area contributed by atoms with Gasteiger partial charge in [0.25, 0.3) is 0 Å². The number of hydrogen-bond donors (Lipinski definition) is 1. The van der Waals surface area contributed by atoms with Crippen LogP contribution in [0.2, 0.25) is 0 Å². The second kappa shape index (κ2) is 4.13. The Kier molecular flexibility index (Phi) is 3.13. The lowest BCUT2D eigenvalue weighted by Crippen LogP contribution is -2.08. The van der Waals surface area contributed by atoms with Crippen LogP contribution in [-0.2, 0) is 22.3 Å². The zero-order chi connectivity index (χ0) is 8.97. The zero-order valence-corrected chi connectivity index (χ0v) is 7.08. The summed E-state index contributed by atoms with van der Waals surface area (Å²) in [5, 5.41) is -0.666. The number of carbonyl (C=O) groups is 1. The Labute approximate surface area is 72.7 Å². The van der Waals surface area contributed by atoms with E-state index in [1.54, 1.807) is 24.3 Å². The van der Waals surface area contributed by atoms with E-state index in [9.17, 15) is 9.00 Å². The smallest absolute Gasteiger partial charge is 0.250 e. The van der Waals surface area contributed by atoms with Crippen LogP contribution in [0, 0.1) is 0 Å². The molecule has 0 spiro atoms. The highest BCUT2D eigenvalue weighted by molar-refractivity contribution is 7.95. The minimum Gasteiger partial charge on any atom is -0.300 e. The van der Waals surface area contributed by atoms with Gasteiger partial charge in [0.15, 0.2) is 0 Å². The third-order valence-corrected chi connectivity index (χ3v) is 1.92. The molecule has 0 aliphatic carbocycles. The number of rotatable bonds is 2. The molecule has 0 saturated heterocycles. The summed E-state index contributed by atoms with van der Waals surface area (Å²) < 4.78 is 18.7. The van der Waals surface area contributed by atoms with E-state index in [-0.39, 0.29) is 6.42 Å². The molecule has 1 unspecified atom stereocenters. The van der Waals surface area contributed by atoms with Crippen LogP contribution in [0.3, 0.4) is 0 Å². The van der Waals surface area contributed by atoms with E-state index in [2.05, 4.69) is 0 Å². The molecule has 12 heavy (non-hydrogen) atoms.